The maximum absolute atomic E-state index is 12.3. The van der Waals surface area contributed by atoms with E-state index in [9.17, 15) is 4.79 Å². The lowest BCUT2D eigenvalue weighted by Gasteiger charge is -2.04. The highest BCUT2D eigenvalue weighted by atomic mass is 16.5. The average Bonchev–Trinajstić information content (AvgIpc) is 3.22. The van der Waals surface area contributed by atoms with Crippen LogP contribution in [0.3, 0.4) is 0 Å². The van der Waals surface area contributed by atoms with Crippen LogP contribution in [0.15, 0.2) is 59.7 Å². The standard InChI is InChI=1S/C20H20N4O3/c1-13(15-5-4-6-17(11-15)27-3)21-24-20(25)19-12-18(22-23-19)14-7-9-16(26-2)10-8-14/h4-12H,1-3H3,(H,22,23)(H,24,25)/b21-13-. The summed E-state index contributed by atoms with van der Waals surface area (Å²) in [7, 11) is 3.21. The molecule has 0 radical (unpaired) electrons. The molecule has 0 aliphatic heterocycles. The molecule has 1 heterocycles. The third-order valence-corrected chi connectivity index (χ3v) is 4.02. The normalized spacial score (nSPS) is 11.1. The van der Waals surface area contributed by atoms with E-state index in [2.05, 4.69) is 20.7 Å². The molecule has 1 amide bonds. The molecule has 0 aliphatic carbocycles. The predicted molar refractivity (Wildman–Crippen MR) is 103 cm³/mol. The number of aromatic amines is 1. The quantitative estimate of drug-likeness (QED) is 0.519. The van der Waals surface area contributed by atoms with Crippen LogP contribution in [0, 0.1) is 0 Å². The molecule has 7 heteroatoms. The van der Waals surface area contributed by atoms with E-state index in [-0.39, 0.29) is 5.91 Å². The molecule has 1 aromatic heterocycles. The molecule has 0 fully saturated rings. The van der Waals surface area contributed by atoms with E-state index in [0.29, 0.717) is 17.1 Å². The van der Waals surface area contributed by atoms with Crippen LogP contribution in [-0.2, 0) is 0 Å². The predicted octanol–water partition coefficient (Wildman–Crippen LogP) is 3.25. The van der Waals surface area contributed by atoms with E-state index in [4.69, 9.17) is 9.47 Å². The highest BCUT2D eigenvalue weighted by molar-refractivity contribution is 6.00. The summed E-state index contributed by atoms with van der Waals surface area (Å²) in [6.45, 7) is 1.81. The Balaban J connectivity index is 1.70. The Labute approximate surface area is 157 Å². The Bertz CT molecular complexity index is 961. The van der Waals surface area contributed by atoms with Gasteiger partial charge in [-0.15, -0.1) is 0 Å². The van der Waals surface area contributed by atoms with Crippen molar-refractivity contribution in [1.82, 2.24) is 15.6 Å². The fourth-order valence-electron chi connectivity index (χ4n) is 2.46. The van der Waals surface area contributed by atoms with Gasteiger partial charge in [0, 0.05) is 11.1 Å². The summed E-state index contributed by atoms with van der Waals surface area (Å²) < 4.78 is 10.3. The zero-order valence-corrected chi connectivity index (χ0v) is 15.3. The Morgan fingerprint density at radius 2 is 1.78 bits per heavy atom. The first kappa shape index (κ1) is 18.2. The molecule has 0 bridgehead atoms. The van der Waals surface area contributed by atoms with Crippen molar-refractivity contribution in [3.8, 4) is 22.8 Å². The first-order valence-electron chi connectivity index (χ1n) is 8.29. The largest absolute Gasteiger partial charge is 0.497 e. The van der Waals surface area contributed by atoms with Crippen LogP contribution >= 0.6 is 0 Å². The fraction of sp³-hybridized carbons (Fsp3) is 0.150. The Hall–Kier alpha value is -3.61. The molecule has 2 aromatic carbocycles. The molecule has 0 aliphatic rings. The number of nitrogens with one attached hydrogen (secondary N) is 2. The number of methoxy groups -OCH3 is 2. The number of benzene rings is 2. The lowest BCUT2D eigenvalue weighted by Crippen LogP contribution is -2.19. The summed E-state index contributed by atoms with van der Waals surface area (Å²) in [5, 5.41) is 11.1. The van der Waals surface area contributed by atoms with E-state index >= 15 is 0 Å². The molecule has 0 saturated heterocycles. The van der Waals surface area contributed by atoms with Gasteiger partial charge in [0.25, 0.3) is 5.91 Å². The van der Waals surface area contributed by atoms with Crippen molar-refractivity contribution < 1.29 is 14.3 Å². The molecule has 27 heavy (non-hydrogen) atoms. The van der Waals surface area contributed by atoms with E-state index in [1.807, 2.05) is 55.5 Å². The maximum atomic E-state index is 12.3. The lowest BCUT2D eigenvalue weighted by atomic mass is 10.1. The summed E-state index contributed by atoms with van der Waals surface area (Å²) in [4.78, 5) is 12.3. The number of amides is 1. The minimum Gasteiger partial charge on any atom is -0.497 e. The minimum absolute atomic E-state index is 0.322. The van der Waals surface area contributed by atoms with Gasteiger partial charge in [0.1, 0.15) is 17.2 Å². The number of H-pyrrole nitrogens is 1. The Morgan fingerprint density at radius 1 is 1.04 bits per heavy atom. The van der Waals surface area contributed by atoms with Gasteiger partial charge in [-0.1, -0.05) is 12.1 Å². The first-order chi connectivity index (χ1) is 13.1. The highest BCUT2D eigenvalue weighted by Gasteiger charge is 2.11. The van der Waals surface area contributed by atoms with Gasteiger partial charge in [0.15, 0.2) is 0 Å². The number of hydrogen-bond donors (Lipinski definition) is 2. The Kier molecular flexibility index (Phi) is 5.51. The highest BCUT2D eigenvalue weighted by Crippen LogP contribution is 2.21. The van der Waals surface area contributed by atoms with E-state index in [1.54, 1.807) is 20.3 Å². The third kappa shape index (κ3) is 4.33. The minimum atomic E-state index is -0.371. The van der Waals surface area contributed by atoms with Crippen LogP contribution in [0.2, 0.25) is 0 Å². The first-order valence-corrected chi connectivity index (χ1v) is 8.29. The van der Waals surface area contributed by atoms with Crippen LogP contribution in [0.4, 0.5) is 0 Å². The van der Waals surface area contributed by atoms with Crippen LogP contribution in [0.25, 0.3) is 11.3 Å². The number of hydrazone groups is 1. The zero-order chi connectivity index (χ0) is 19.2. The van der Waals surface area contributed by atoms with E-state index in [1.165, 1.54) is 0 Å². The van der Waals surface area contributed by atoms with Gasteiger partial charge in [0.05, 0.1) is 25.6 Å². The molecule has 0 atom stereocenters. The summed E-state index contributed by atoms with van der Waals surface area (Å²) in [5.74, 6) is 1.12. The van der Waals surface area contributed by atoms with Crippen LogP contribution < -0.4 is 14.9 Å². The van der Waals surface area contributed by atoms with Gasteiger partial charge in [-0.25, -0.2) is 5.43 Å². The molecule has 3 rings (SSSR count). The van der Waals surface area contributed by atoms with Crippen molar-refractivity contribution in [3.05, 3.63) is 65.9 Å². The van der Waals surface area contributed by atoms with Crippen LogP contribution in [-0.4, -0.2) is 36.0 Å². The number of carbonyl (C=O) groups is 1. The molecule has 3 aromatic rings. The molecular formula is C20H20N4O3. The second kappa shape index (κ2) is 8.18. The summed E-state index contributed by atoms with van der Waals surface area (Å²) in [5.41, 5.74) is 5.92. The summed E-state index contributed by atoms with van der Waals surface area (Å²) >= 11 is 0. The second-order valence-electron chi connectivity index (χ2n) is 5.77. The third-order valence-electron chi connectivity index (χ3n) is 4.02. The van der Waals surface area contributed by atoms with Gasteiger partial charge >= 0.3 is 0 Å². The van der Waals surface area contributed by atoms with Gasteiger partial charge in [-0.3, -0.25) is 9.89 Å². The Morgan fingerprint density at radius 3 is 2.48 bits per heavy atom. The smallest absolute Gasteiger partial charge is 0.289 e. The number of nitrogens with zero attached hydrogens (tertiary/aromatic N) is 2. The van der Waals surface area contributed by atoms with Gasteiger partial charge < -0.3 is 9.47 Å². The van der Waals surface area contributed by atoms with Crippen molar-refractivity contribution >= 4 is 11.6 Å². The second-order valence-corrected chi connectivity index (χ2v) is 5.77. The number of ether oxygens (including phenoxy) is 2. The molecule has 0 saturated carbocycles. The molecule has 7 nitrogen and oxygen atoms in total. The van der Waals surface area contributed by atoms with E-state index < -0.39 is 0 Å². The van der Waals surface area contributed by atoms with Crippen LogP contribution in [0.1, 0.15) is 23.0 Å². The molecular weight excluding hydrogens is 344 g/mol. The van der Waals surface area contributed by atoms with Crippen molar-refractivity contribution in [1.29, 1.82) is 0 Å². The summed E-state index contributed by atoms with van der Waals surface area (Å²) in [6.07, 6.45) is 0. The van der Waals surface area contributed by atoms with Crippen molar-refractivity contribution in [2.24, 2.45) is 5.10 Å². The van der Waals surface area contributed by atoms with Gasteiger partial charge in [0.2, 0.25) is 0 Å². The average molecular weight is 364 g/mol. The SMILES string of the molecule is COc1ccc(-c2cc(C(=O)N/N=C(/C)c3cccc(OC)c3)[nH]n2)cc1. The number of hydrogen-bond acceptors (Lipinski definition) is 5. The lowest BCUT2D eigenvalue weighted by molar-refractivity contribution is 0.0950. The van der Waals surface area contributed by atoms with Gasteiger partial charge in [-0.05, 0) is 49.4 Å². The molecule has 138 valence electrons. The van der Waals surface area contributed by atoms with Crippen molar-refractivity contribution in [2.75, 3.05) is 14.2 Å². The molecule has 0 unspecified atom stereocenters. The van der Waals surface area contributed by atoms with E-state index in [0.717, 1.165) is 22.6 Å². The molecule has 2 N–H and O–H groups in total. The number of rotatable bonds is 6. The summed E-state index contributed by atoms with van der Waals surface area (Å²) in [6, 6.07) is 16.6. The van der Waals surface area contributed by atoms with Gasteiger partial charge in [-0.2, -0.15) is 10.2 Å². The number of carbonyl (C=O) groups excluding carboxylic acids is 1. The zero-order valence-electron chi connectivity index (χ0n) is 15.3. The van der Waals surface area contributed by atoms with Crippen molar-refractivity contribution in [2.45, 2.75) is 6.92 Å². The number of aromatic nitrogens is 2. The maximum Gasteiger partial charge on any atom is 0.289 e. The van der Waals surface area contributed by atoms with Crippen molar-refractivity contribution in [3.63, 3.8) is 0 Å². The molecule has 0 spiro atoms. The topological polar surface area (TPSA) is 88.6 Å². The fourth-order valence-corrected chi connectivity index (χ4v) is 2.46. The monoisotopic (exact) mass is 364 g/mol. The van der Waals surface area contributed by atoms with Crippen LogP contribution in [0.5, 0.6) is 11.5 Å².